The van der Waals surface area contributed by atoms with Gasteiger partial charge in [0.2, 0.25) is 5.91 Å². The second-order valence-corrected chi connectivity index (χ2v) is 6.65. The van der Waals surface area contributed by atoms with Gasteiger partial charge in [-0.3, -0.25) is 4.79 Å². The van der Waals surface area contributed by atoms with E-state index in [4.69, 9.17) is 9.47 Å². The summed E-state index contributed by atoms with van der Waals surface area (Å²) in [5.74, 6) is 1.81. The molecule has 0 aliphatic carbocycles. The number of rotatable bonds is 6. The lowest BCUT2D eigenvalue weighted by atomic mass is 9.98. The molecule has 1 aliphatic heterocycles. The van der Waals surface area contributed by atoms with E-state index in [1.807, 2.05) is 31.2 Å². The molecule has 138 valence electrons. The first kappa shape index (κ1) is 18.1. The molecule has 0 fully saturated rings. The van der Waals surface area contributed by atoms with E-state index in [9.17, 15) is 4.79 Å². The van der Waals surface area contributed by atoms with Gasteiger partial charge < -0.3 is 20.1 Å². The van der Waals surface area contributed by atoms with Crippen molar-refractivity contribution in [2.24, 2.45) is 0 Å². The lowest BCUT2D eigenvalue weighted by Gasteiger charge is -2.20. The molecule has 2 aromatic rings. The Labute approximate surface area is 154 Å². The predicted octanol–water partition coefficient (Wildman–Crippen LogP) is 4.41. The molecule has 1 aliphatic rings. The summed E-state index contributed by atoms with van der Waals surface area (Å²) in [5.41, 5.74) is 2.94. The molecule has 26 heavy (non-hydrogen) atoms. The number of nitrogens with one attached hydrogen (secondary N) is 2. The van der Waals surface area contributed by atoms with Crippen molar-refractivity contribution >= 4 is 17.3 Å². The third-order valence-corrected chi connectivity index (χ3v) is 4.68. The van der Waals surface area contributed by atoms with E-state index >= 15 is 0 Å². The van der Waals surface area contributed by atoms with Gasteiger partial charge in [0.25, 0.3) is 0 Å². The number of benzene rings is 2. The van der Waals surface area contributed by atoms with Gasteiger partial charge in [0.1, 0.15) is 19.3 Å². The standard InChI is InChI=1S/C21H26N2O3/c1-4-14(2)16-5-7-17(8-6-16)22-15(3)21(24)23-18-9-10-19-20(13-18)26-12-11-25-19/h5-10,13-15,22H,4,11-12H2,1-3H3,(H,23,24)/t14-,15-/m1/s1. The third-order valence-electron chi connectivity index (χ3n) is 4.68. The highest BCUT2D eigenvalue weighted by atomic mass is 16.6. The summed E-state index contributed by atoms with van der Waals surface area (Å²) in [4.78, 5) is 12.5. The zero-order chi connectivity index (χ0) is 18.5. The lowest BCUT2D eigenvalue weighted by Crippen LogP contribution is -2.31. The zero-order valence-electron chi connectivity index (χ0n) is 15.5. The number of anilines is 2. The van der Waals surface area contributed by atoms with E-state index < -0.39 is 0 Å². The molecule has 0 unspecified atom stereocenters. The van der Waals surface area contributed by atoms with Crippen molar-refractivity contribution in [3.8, 4) is 11.5 Å². The van der Waals surface area contributed by atoms with Crippen LogP contribution in [0.15, 0.2) is 42.5 Å². The molecule has 0 spiro atoms. The predicted molar refractivity (Wildman–Crippen MR) is 104 cm³/mol. The fourth-order valence-corrected chi connectivity index (χ4v) is 2.83. The van der Waals surface area contributed by atoms with Gasteiger partial charge in [-0.1, -0.05) is 26.0 Å². The third kappa shape index (κ3) is 4.28. The summed E-state index contributed by atoms with van der Waals surface area (Å²) < 4.78 is 11.0. The minimum atomic E-state index is -0.363. The van der Waals surface area contributed by atoms with Crippen LogP contribution in [0, 0.1) is 0 Å². The van der Waals surface area contributed by atoms with Gasteiger partial charge in [-0.2, -0.15) is 0 Å². The summed E-state index contributed by atoms with van der Waals surface area (Å²) in [6.07, 6.45) is 1.11. The van der Waals surface area contributed by atoms with Gasteiger partial charge in [-0.15, -0.1) is 0 Å². The summed E-state index contributed by atoms with van der Waals surface area (Å²) >= 11 is 0. The Morgan fingerprint density at radius 3 is 2.35 bits per heavy atom. The summed E-state index contributed by atoms with van der Waals surface area (Å²) in [6, 6.07) is 13.3. The first-order valence-corrected chi connectivity index (χ1v) is 9.14. The maximum absolute atomic E-state index is 12.5. The summed E-state index contributed by atoms with van der Waals surface area (Å²) in [6.45, 7) is 7.31. The second kappa shape index (κ2) is 8.13. The fraction of sp³-hybridized carbons (Fsp3) is 0.381. The molecule has 2 N–H and O–H groups in total. The molecule has 5 nitrogen and oxygen atoms in total. The molecule has 1 amide bonds. The molecule has 2 atom stereocenters. The van der Waals surface area contributed by atoms with Gasteiger partial charge in [0.15, 0.2) is 11.5 Å². The molecular weight excluding hydrogens is 328 g/mol. The maximum atomic E-state index is 12.5. The average molecular weight is 354 g/mol. The number of amides is 1. The number of hydrogen-bond donors (Lipinski definition) is 2. The van der Waals surface area contributed by atoms with E-state index in [0.29, 0.717) is 36.3 Å². The van der Waals surface area contributed by atoms with Crippen LogP contribution in [0.25, 0.3) is 0 Å². The second-order valence-electron chi connectivity index (χ2n) is 6.65. The van der Waals surface area contributed by atoms with E-state index in [2.05, 4.69) is 36.6 Å². The Bertz CT molecular complexity index is 758. The highest BCUT2D eigenvalue weighted by Crippen LogP contribution is 2.32. The summed E-state index contributed by atoms with van der Waals surface area (Å²) in [5, 5.41) is 6.15. The fourth-order valence-electron chi connectivity index (χ4n) is 2.83. The largest absolute Gasteiger partial charge is 0.486 e. The van der Waals surface area contributed by atoms with Gasteiger partial charge in [0.05, 0.1) is 0 Å². The average Bonchev–Trinajstić information content (AvgIpc) is 2.67. The SMILES string of the molecule is CC[C@@H](C)c1ccc(N[C@H](C)C(=O)Nc2ccc3c(c2)OCCO3)cc1. The normalized spacial score (nSPS) is 15.0. The Hall–Kier alpha value is -2.69. The Morgan fingerprint density at radius 1 is 1.00 bits per heavy atom. The molecule has 0 saturated heterocycles. The Balaban J connectivity index is 1.59. The van der Waals surface area contributed by atoms with Crippen LogP contribution in [0.1, 0.15) is 38.7 Å². The first-order chi connectivity index (χ1) is 12.6. The van der Waals surface area contributed by atoms with E-state index in [-0.39, 0.29) is 11.9 Å². The monoisotopic (exact) mass is 354 g/mol. The topological polar surface area (TPSA) is 59.6 Å². The minimum Gasteiger partial charge on any atom is -0.486 e. The van der Waals surface area contributed by atoms with Crippen LogP contribution in [0.5, 0.6) is 11.5 Å². The van der Waals surface area contributed by atoms with Crippen molar-refractivity contribution in [1.82, 2.24) is 0 Å². The van der Waals surface area contributed by atoms with Gasteiger partial charge in [0, 0.05) is 17.4 Å². The Morgan fingerprint density at radius 2 is 1.65 bits per heavy atom. The van der Waals surface area contributed by atoms with Crippen LogP contribution >= 0.6 is 0 Å². The molecule has 5 heteroatoms. The first-order valence-electron chi connectivity index (χ1n) is 9.14. The molecule has 0 bridgehead atoms. The molecule has 2 aromatic carbocycles. The molecule has 0 aromatic heterocycles. The number of ether oxygens (including phenoxy) is 2. The maximum Gasteiger partial charge on any atom is 0.246 e. The highest BCUT2D eigenvalue weighted by Gasteiger charge is 2.16. The number of fused-ring (bicyclic) bond motifs is 1. The van der Waals surface area contributed by atoms with Gasteiger partial charge >= 0.3 is 0 Å². The van der Waals surface area contributed by atoms with E-state index in [1.54, 1.807) is 6.07 Å². The van der Waals surface area contributed by atoms with Crippen LogP contribution in [-0.2, 0) is 4.79 Å². The van der Waals surface area contributed by atoms with Crippen molar-refractivity contribution < 1.29 is 14.3 Å². The lowest BCUT2D eigenvalue weighted by molar-refractivity contribution is -0.116. The smallest absolute Gasteiger partial charge is 0.246 e. The number of hydrogen-bond acceptors (Lipinski definition) is 4. The van der Waals surface area contributed by atoms with Crippen LogP contribution < -0.4 is 20.1 Å². The molecule has 0 radical (unpaired) electrons. The van der Waals surface area contributed by atoms with E-state index in [1.165, 1.54) is 5.56 Å². The quantitative estimate of drug-likeness (QED) is 0.807. The summed E-state index contributed by atoms with van der Waals surface area (Å²) in [7, 11) is 0. The van der Waals surface area contributed by atoms with E-state index in [0.717, 1.165) is 12.1 Å². The molecule has 1 heterocycles. The Kier molecular flexibility index (Phi) is 5.66. The van der Waals surface area contributed by atoms with Crippen molar-refractivity contribution in [2.45, 2.75) is 39.2 Å². The molecule has 3 rings (SSSR count). The van der Waals surface area contributed by atoms with Crippen molar-refractivity contribution in [3.63, 3.8) is 0 Å². The van der Waals surface area contributed by atoms with Crippen molar-refractivity contribution in [1.29, 1.82) is 0 Å². The van der Waals surface area contributed by atoms with Crippen LogP contribution in [0.2, 0.25) is 0 Å². The van der Waals surface area contributed by atoms with Gasteiger partial charge in [-0.25, -0.2) is 0 Å². The van der Waals surface area contributed by atoms with Crippen molar-refractivity contribution in [2.75, 3.05) is 23.8 Å². The van der Waals surface area contributed by atoms with Crippen LogP contribution in [-0.4, -0.2) is 25.2 Å². The van der Waals surface area contributed by atoms with Gasteiger partial charge in [-0.05, 0) is 49.1 Å². The number of carbonyl (C=O) groups excluding carboxylic acids is 1. The van der Waals surface area contributed by atoms with Crippen LogP contribution in [0.4, 0.5) is 11.4 Å². The highest BCUT2D eigenvalue weighted by molar-refractivity contribution is 5.96. The molecular formula is C21H26N2O3. The van der Waals surface area contributed by atoms with Crippen molar-refractivity contribution in [3.05, 3.63) is 48.0 Å². The molecule has 0 saturated carbocycles. The minimum absolute atomic E-state index is 0.104. The zero-order valence-corrected chi connectivity index (χ0v) is 15.5. The van der Waals surface area contributed by atoms with Crippen LogP contribution in [0.3, 0.4) is 0 Å². The number of carbonyl (C=O) groups is 1.